The number of hydrogen-bond donors (Lipinski definition) is 0. The van der Waals surface area contributed by atoms with Crippen LogP contribution in [0.25, 0.3) is 0 Å². The van der Waals surface area contributed by atoms with E-state index in [0.717, 1.165) is 31.2 Å². The minimum atomic E-state index is -2.48. The van der Waals surface area contributed by atoms with E-state index in [1.54, 1.807) is 0 Å². The zero-order chi connectivity index (χ0) is 15.4. The standard InChI is InChI=1S/C18H30O2Si/c1-4-7-12-16-19-21(6-3,20-17-13-8-5-2)18-14-10-9-11-15-18/h6,9-11,14-15H,3-5,7-8,12-13,16-17H2,1-2H3. The van der Waals surface area contributed by atoms with Gasteiger partial charge in [0.05, 0.1) is 0 Å². The molecule has 0 aliphatic heterocycles. The van der Waals surface area contributed by atoms with Crippen LogP contribution in [0.5, 0.6) is 0 Å². The minimum absolute atomic E-state index is 0.759. The van der Waals surface area contributed by atoms with E-state index in [1.807, 2.05) is 23.9 Å². The molecular formula is C18H30O2Si. The first-order valence-corrected chi connectivity index (χ1v) is 10.2. The molecule has 0 bridgehead atoms. The Kier molecular flexibility index (Phi) is 9.31. The quantitative estimate of drug-likeness (QED) is 0.419. The Balaban J connectivity index is 2.72. The minimum Gasteiger partial charge on any atom is -0.388 e. The van der Waals surface area contributed by atoms with E-state index in [-0.39, 0.29) is 0 Å². The fourth-order valence-corrected chi connectivity index (χ4v) is 4.71. The molecule has 1 aromatic rings. The lowest BCUT2D eigenvalue weighted by molar-refractivity contribution is 0.184. The maximum absolute atomic E-state index is 6.25. The van der Waals surface area contributed by atoms with Gasteiger partial charge in [0, 0.05) is 13.2 Å². The van der Waals surface area contributed by atoms with Crippen molar-refractivity contribution in [2.45, 2.75) is 52.4 Å². The Morgan fingerprint density at radius 2 is 1.43 bits per heavy atom. The molecule has 0 spiro atoms. The first-order valence-electron chi connectivity index (χ1n) is 8.26. The van der Waals surface area contributed by atoms with E-state index >= 15 is 0 Å². The predicted molar refractivity (Wildman–Crippen MR) is 93.0 cm³/mol. The second kappa shape index (κ2) is 10.8. The average Bonchev–Trinajstić information content (AvgIpc) is 2.54. The molecule has 0 amide bonds. The maximum atomic E-state index is 6.25. The number of hydrogen-bond acceptors (Lipinski definition) is 2. The van der Waals surface area contributed by atoms with E-state index in [9.17, 15) is 0 Å². The molecule has 0 fully saturated rings. The number of rotatable bonds is 12. The van der Waals surface area contributed by atoms with Gasteiger partial charge in [-0.25, -0.2) is 0 Å². The van der Waals surface area contributed by atoms with Crippen molar-refractivity contribution in [3.8, 4) is 0 Å². The molecule has 1 aromatic carbocycles. The van der Waals surface area contributed by atoms with Crippen molar-refractivity contribution in [3.05, 3.63) is 42.6 Å². The smallest absolute Gasteiger partial charge is 0.388 e. The number of benzene rings is 1. The summed E-state index contributed by atoms with van der Waals surface area (Å²) in [6, 6.07) is 10.3. The van der Waals surface area contributed by atoms with Crippen molar-refractivity contribution in [1.29, 1.82) is 0 Å². The highest BCUT2D eigenvalue weighted by molar-refractivity contribution is 6.85. The monoisotopic (exact) mass is 306 g/mol. The van der Waals surface area contributed by atoms with Crippen molar-refractivity contribution in [2.24, 2.45) is 0 Å². The van der Waals surface area contributed by atoms with Crippen LogP contribution in [0.1, 0.15) is 52.4 Å². The lowest BCUT2D eigenvalue weighted by Crippen LogP contribution is -2.52. The molecule has 2 nitrogen and oxygen atoms in total. The summed E-state index contributed by atoms with van der Waals surface area (Å²) in [5.41, 5.74) is 1.93. The summed E-state index contributed by atoms with van der Waals surface area (Å²) in [6.45, 7) is 9.95. The van der Waals surface area contributed by atoms with Crippen LogP contribution in [0.4, 0.5) is 0 Å². The maximum Gasteiger partial charge on any atom is 0.399 e. The van der Waals surface area contributed by atoms with Gasteiger partial charge in [0.25, 0.3) is 0 Å². The van der Waals surface area contributed by atoms with E-state index in [4.69, 9.17) is 8.85 Å². The molecule has 0 N–H and O–H groups in total. The average molecular weight is 307 g/mol. The van der Waals surface area contributed by atoms with Gasteiger partial charge in [-0.05, 0) is 23.7 Å². The largest absolute Gasteiger partial charge is 0.399 e. The summed E-state index contributed by atoms with van der Waals surface area (Å²) in [7, 11) is -2.48. The van der Waals surface area contributed by atoms with Gasteiger partial charge >= 0.3 is 8.56 Å². The van der Waals surface area contributed by atoms with E-state index in [0.29, 0.717) is 0 Å². The molecule has 3 heteroatoms. The molecule has 0 saturated carbocycles. The molecule has 21 heavy (non-hydrogen) atoms. The molecule has 0 radical (unpaired) electrons. The zero-order valence-corrected chi connectivity index (χ0v) is 14.6. The number of unbranched alkanes of at least 4 members (excludes halogenated alkanes) is 4. The van der Waals surface area contributed by atoms with Crippen LogP contribution >= 0.6 is 0 Å². The van der Waals surface area contributed by atoms with Gasteiger partial charge in [0.1, 0.15) is 0 Å². The molecular weight excluding hydrogens is 276 g/mol. The zero-order valence-electron chi connectivity index (χ0n) is 13.6. The van der Waals surface area contributed by atoms with Crippen LogP contribution in [-0.2, 0) is 8.85 Å². The molecule has 0 aliphatic rings. The van der Waals surface area contributed by atoms with Gasteiger partial charge in [-0.3, -0.25) is 0 Å². The van der Waals surface area contributed by atoms with Crippen molar-refractivity contribution < 1.29 is 8.85 Å². The summed E-state index contributed by atoms with van der Waals surface area (Å²) < 4.78 is 12.5. The molecule has 1 rings (SSSR count). The predicted octanol–water partition coefficient (Wildman–Crippen LogP) is 4.47. The van der Waals surface area contributed by atoms with Gasteiger partial charge in [-0.2, -0.15) is 0 Å². The first-order chi connectivity index (χ1) is 10.3. The van der Waals surface area contributed by atoms with Gasteiger partial charge in [0.2, 0.25) is 0 Å². The Hall–Kier alpha value is -0.903. The van der Waals surface area contributed by atoms with Crippen LogP contribution < -0.4 is 5.19 Å². The highest BCUT2D eigenvalue weighted by atomic mass is 28.4. The van der Waals surface area contributed by atoms with Gasteiger partial charge in [0.15, 0.2) is 0 Å². The lowest BCUT2D eigenvalue weighted by Gasteiger charge is -2.28. The van der Waals surface area contributed by atoms with E-state index in [2.05, 4.69) is 32.6 Å². The third-order valence-corrected chi connectivity index (χ3v) is 6.52. The second-order valence-electron chi connectivity index (χ2n) is 5.35. The molecule has 0 heterocycles. The van der Waals surface area contributed by atoms with Crippen LogP contribution in [0.15, 0.2) is 42.6 Å². The fraction of sp³-hybridized carbons (Fsp3) is 0.556. The van der Waals surface area contributed by atoms with Crippen LogP contribution in [0.3, 0.4) is 0 Å². The topological polar surface area (TPSA) is 18.5 Å². The SMILES string of the molecule is C=C[Si](OCCCCC)(OCCCCC)c1ccccc1. The fourth-order valence-electron chi connectivity index (χ4n) is 2.27. The van der Waals surface area contributed by atoms with Gasteiger partial charge < -0.3 is 8.85 Å². The molecule has 0 aliphatic carbocycles. The Bertz CT molecular complexity index is 366. The third-order valence-electron chi connectivity index (χ3n) is 3.57. The van der Waals surface area contributed by atoms with Crippen LogP contribution in [0, 0.1) is 0 Å². The van der Waals surface area contributed by atoms with Crippen molar-refractivity contribution in [1.82, 2.24) is 0 Å². The Morgan fingerprint density at radius 3 is 1.86 bits per heavy atom. The summed E-state index contributed by atoms with van der Waals surface area (Å²) in [4.78, 5) is 0. The Morgan fingerprint density at radius 1 is 0.905 bits per heavy atom. The van der Waals surface area contributed by atoms with Crippen molar-refractivity contribution >= 4 is 13.7 Å². The summed E-state index contributed by atoms with van der Waals surface area (Å²) in [6.07, 6.45) is 6.98. The van der Waals surface area contributed by atoms with Crippen LogP contribution in [0.2, 0.25) is 0 Å². The molecule has 0 unspecified atom stereocenters. The normalized spacial score (nSPS) is 11.5. The van der Waals surface area contributed by atoms with Gasteiger partial charge in [-0.1, -0.05) is 69.9 Å². The molecule has 0 atom stereocenters. The second-order valence-corrected chi connectivity index (χ2v) is 8.25. The molecule has 0 aromatic heterocycles. The van der Waals surface area contributed by atoms with E-state index < -0.39 is 8.56 Å². The summed E-state index contributed by atoms with van der Waals surface area (Å²) >= 11 is 0. The van der Waals surface area contributed by atoms with E-state index in [1.165, 1.54) is 25.7 Å². The molecule has 0 saturated heterocycles. The third kappa shape index (κ3) is 6.16. The first kappa shape index (κ1) is 18.1. The van der Waals surface area contributed by atoms with Crippen molar-refractivity contribution in [3.63, 3.8) is 0 Å². The Labute approximate surface area is 131 Å². The van der Waals surface area contributed by atoms with Crippen LogP contribution in [-0.4, -0.2) is 21.8 Å². The highest BCUT2D eigenvalue weighted by Gasteiger charge is 2.36. The summed E-state index contributed by atoms with van der Waals surface area (Å²) in [5, 5.41) is 1.16. The molecule has 118 valence electrons. The van der Waals surface area contributed by atoms with Crippen molar-refractivity contribution in [2.75, 3.05) is 13.2 Å². The highest BCUT2D eigenvalue weighted by Crippen LogP contribution is 2.13. The summed E-state index contributed by atoms with van der Waals surface area (Å²) in [5.74, 6) is 0. The van der Waals surface area contributed by atoms with Gasteiger partial charge in [-0.15, -0.1) is 6.58 Å². The lowest BCUT2D eigenvalue weighted by atomic mass is 10.3.